The minimum absolute atomic E-state index is 0.165. The van der Waals surface area contributed by atoms with E-state index in [9.17, 15) is 4.79 Å². The molecule has 2 aliphatic rings. The summed E-state index contributed by atoms with van der Waals surface area (Å²) in [6.45, 7) is 2.64. The molecule has 3 N–H and O–H groups in total. The van der Waals surface area contributed by atoms with Gasteiger partial charge >= 0.3 is 0 Å². The molecule has 2 fully saturated rings. The molecule has 5 heteroatoms. The van der Waals surface area contributed by atoms with E-state index in [2.05, 4.69) is 10.2 Å². The molecular weight excluding hydrogens is 262 g/mol. The topological polar surface area (TPSA) is 58.4 Å². The van der Waals surface area contributed by atoms with Crippen LogP contribution in [0.2, 0.25) is 5.02 Å². The van der Waals surface area contributed by atoms with Crippen molar-refractivity contribution in [3.05, 3.63) is 28.8 Å². The predicted molar refractivity (Wildman–Crippen MR) is 75.8 cm³/mol. The van der Waals surface area contributed by atoms with Crippen LogP contribution in [0.3, 0.4) is 0 Å². The number of nitrogens with two attached hydrogens (primary N) is 1. The van der Waals surface area contributed by atoms with E-state index in [0.29, 0.717) is 16.8 Å². The van der Waals surface area contributed by atoms with Gasteiger partial charge in [0.05, 0.1) is 16.6 Å². The van der Waals surface area contributed by atoms with Crippen LogP contribution >= 0.6 is 11.6 Å². The molecule has 1 aromatic rings. The molecule has 1 aromatic carbocycles. The highest BCUT2D eigenvalue weighted by molar-refractivity contribution is 6.33. The van der Waals surface area contributed by atoms with Crippen LogP contribution in [0.25, 0.3) is 0 Å². The van der Waals surface area contributed by atoms with E-state index < -0.39 is 0 Å². The number of carbonyl (C=O) groups is 1. The molecule has 3 rings (SSSR count). The fourth-order valence-electron chi connectivity index (χ4n) is 3.16. The highest BCUT2D eigenvalue weighted by Gasteiger charge is 2.40. The van der Waals surface area contributed by atoms with Gasteiger partial charge in [-0.2, -0.15) is 0 Å². The third kappa shape index (κ3) is 2.42. The fourth-order valence-corrected chi connectivity index (χ4v) is 3.28. The Morgan fingerprint density at radius 2 is 2.32 bits per heavy atom. The van der Waals surface area contributed by atoms with Crippen molar-refractivity contribution in [3.63, 3.8) is 0 Å². The van der Waals surface area contributed by atoms with E-state index in [1.165, 1.54) is 0 Å². The van der Waals surface area contributed by atoms with E-state index >= 15 is 0 Å². The van der Waals surface area contributed by atoms with Gasteiger partial charge in [0, 0.05) is 19.1 Å². The van der Waals surface area contributed by atoms with Crippen molar-refractivity contribution < 1.29 is 4.79 Å². The monoisotopic (exact) mass is 279 g/mol. The number of hydrogen-bond donors (Lipinski definition) is 2. The minimum atomic E-state index is 0.165. The summed E-state index contributed by atoms with van der Waals surface area (Å²) in [5.41, 5.74) is 7.61. The van der Waals surface area contributed by atoms with Crippen LogP contribution in [0.5, 0.6) is 0 Å². The first-order valence-corrected chi connectivity index (χ1v) is 7.08. The van der Waals surface area contributed by atoms with Gasteiger partial charge in [-0.05, 0) is 37.1 Å². The molecule has 2 unspecified atom stereocenters. The van der Waals surface area contributed by atoms with Gasteiger partial charge in [0.2, 0.25) is 5.91 Å². The number of benzene rings is 1. The Balaban J connectivity index is 1.75. The maximum absolute atomic E-state index is 11.7. The molecule has 102 valence electrons. The number of hydrogen-bond acceptors (Lipinski definition) is 3. The highest BCUT2D eigenvalue weighted by atomic mass is 35.5. The van der Waals surface area contributed by atoms with Crippen molar-refractivity contribution in [1.29, 1.82) is 0 Å². The maximum atomic E-state index is 11.7. The molecule has 19 heavy (non-hydrogen) atoms. The molecular formula is C14H18ClN3O. The zero-order valence-electron chi connectivity index (χ0n) is 10.7. The molecule has 2 heterocycles. The van der Waals surface area contributed by atoms with Crippen molar-refractivity contribution >= 4 is 23.2 Å². The third-order valence-electron chi connectivity index (χ3n) is 4.16. The maximum Gasteiger partial charge on any atom is 0.224 e. The minimum Gasteiger partial charge on any atom is -0.398 e. The van der Waals surface area contributed by atoms with Gasteiger partial charge in [-0.3, -0.25) is 9.69 Å². The van der Waals surface area contributed by atoms with Crippen LogP contribution < -0.4 is 11.1 Å². The lowest BCUT2D eigenvalue weighted by Gasteiger charge is -2.35. The molecule has 0 bridgehead atoms. The van der Waals surface area contributed by atoms with Crippen LogP contribution in [-0.2, 0) is 11.3 Å². The van der Waals surface area contributed by atoms with Crippen LogP contribution in [0.4, 0.5) is 5.69 Å². The number of anilines is 1. The third-order valence-corrected chi connectivity index (χ3v) is 4.51. The van der Waals surface area contributed by atoms with Crippen molar-refractivity contribution in [2.24, 2.45) is 5.92 Å². The molecule has 4 nitrogen and oxygen atoms in total. The first-order valence-electron chi connectivity index (χ1n) is 6.71. The molecule has 2 atom stereocenters. The van der Waals surface area contributed by atoms with Crippen molar-refractivity contribution in [1.82, 2.24) is 10.2 Å². The van der Waals surface area contributed by atoms with E-state index in [4.69, 9.17) is 17.3 Å². The number of carbonyl (C=O) groups excluding carboxylic acids is 1. The average Bonchev–Trinajstić information content (AvgIpc) is 2.77. The number of likely N-dealkylation sites (tertiary alicyclic amines) is 1. The Bertz CT molecular complexity index is 505. The quantitative estimate of drug-likeness (QED) is 0.809. The predicted octanol–water partition coefficient (Wildman–Crippen LogP) is 1.63. The summed E-state index contributed by atoms with van der Waals surface area (Å²) in [4.78, 5) is 14.1. The average molecular weight is 280 g/mol. The second-order valence-electron chi connectivity index (χ2n) is 5.39. The van der Waals surface area contributed by atoms with Crippen LogP contribution in [-0.4, -0.2) is 29.9 Å². The first-order chi connectivity index (χ1) is 9.15. The molecule has 0 spiro atoms. The Morgan fingerprint density at radius 3 is 3.11 bits per heavy atom. The smallest absolute Gasteiger partial charge is 0.224 e. The van der Waals surface area contributed by atoms with E-state index in [1.807, 2.05) is 18.2 Å². The number of nitrogens with zero attached hydrogens (tertiary/aromatic N) is 1. The van der Waals surface area contributed by atoms with E-state index in [0.717, 1.165) is 38.0 Å². The normalized spacial score (nSPS) is 27.1. The molecule has 1 amide bonds. The van der Waals surface area contributed by atoms with Gasteiger partial charge in [-0.1, -0.05) is 17.7 Å². The molecule has 0 saturated carbocycles. The summed E-state index contributed by atoms with van der Waals surface area (Å²) in [5, 5.41) is 3.57. The molecule has 0 radical (unpaired) electrons. The SMILES string of the molecule is Nc1cc(CN2CCCC3C(=O)NCC32)ccc1Cl. The Hall–Kier alpha value is -1.26. The first kappa shape index (κ1) is 12.8. The molecule has 2 saturated heterocycles. The lowest BCUT2D eigenvalue weighted by Crippen LogP contribution is -2.44. The Morgan fingerprint density at radius 1 is 1.47 bits per heavy atom. The van der Waals surface area contributed by atoms with Crippen LogP contribution in [0, 0.1) is 5.92 Å². The van der Waals surface area contributed by atoms with Gasteiger partial charge < -0.3 is 11.1 Å². The van der Waals surface area contributed by atoms with E-state index in [1.54, 1.807) is 0 Å². The Kier molecular flexibility index (Phi) is 3.37. The zero-order valence-corrected chi connectivity index (χ0v) is 11.5. The van der Waals surface area contributed by atoms with Gasteiger partial charge in [0.1, 0.15) is 0 Å². The summed E-state index contributed by atoms with van der Waals surface area (Å²) in [6, 6.07) is 6.10. The number of amides is 1. The van der Waals surface area contributed by atoms with Crippen molar-refractivity contribution in [2.45, 2.75) is 25.4 Å². The number of fused-ring (bicyclic) bond motifs is 1. The fraction of sp³-hybridized carbons (Fsp3) is 0.500. The Labute approximate surface area is 117 Å². The van der Waals surface area contributed by atoms with Gasteiger partial charge in [0.15, 0.2) is 0 Å². The summed E-state index contributed by atoms with van der Waals surface area (Å²) in [5.74, 6) is 0.378. The number of rotatable bonds is 2. The van der Waals surface area contributed by atoms with Gasteiger partial charge in [-0.15, -0.1) is 0 Å². The second kappa shape index (κ2) is 5.02. The summed E-state index contributed by atoms with van der Waals surface area (Å²) in [7, 11) is 0. The standard InChI is InChI=1S/C14H18ClN3O/c15-11-4-3-9(6-12(11)16)8-18-5-1-2-10-13(18)7-17-14(10)19/h3-4,6,10,13H,1-2,5,7-8,16H2,(H,17,19). The molecule has 2 aliphatic heterocycles. The number of nitrogens with one attached hydrogen (secondary N) is 1. The summed E-state index contributed by atoms with van der Waals surface area (Å²) >= 11 is 5.94. The van der Waals surface area contributed by atoms with Gasteiger partial charge in [-0.25, -0.2) is 0 Å². The lowest BCUT2D eigenvalue weighted by atomic mass is 9.91. The second-order valence-corrected chi connectivity index (χ2v) is 5.79. The van der Waals surface area contributed by atoms with Gasteiger partial charge in [0.25, 0.3) is 0 Å². The number of halogens is 1. The number of piperidine rings is 1. The van der Waals surface area contributed by atoms with Crippen LogP contribution in [0.1, 0.15) is 18.4 Å². The zero-order chi connectivity index (χ0) is 13.4. The molecule has 0 aromatic heterocycles. The van der Waals surface area contributed by atoms with Crippen LogP contribution in [0.15, 0.2) is 18.2 Å². The van der Waals surface area contributed by atoms with Crippen molar-refractivity contribution in [3.8, 4) is 0 Å². The van der Waals surface area contributed by atoms with E-state index in [-0.39, 0.29) is 11.8 Å². The lowest BCUT2D eigenvalue weighted by molar-refractivity contribution is -0.124. The summed E-state index contributed by atoms with van der Waals surface area (Å²) in [6.07, 6.45) is 2.09. The van der Waals surface area contributed by atoms with Crippen molar-refractivity contribution in [2.75, 3.05) is 18.8 Å². The molecule has 0 aliphatic carbocycles. The highest BCUT2D eigenvalue weighted by Crippen LogP contribution is 2.29. The number of nitrogen functional groups attached to an aromatic ring is 1. The summed E-state index contributed by atoms with van der Waals surface area (Å²) < 4.78 is 0. The largest absolute Gasteiger partial charge is 0.398 e.